The summed E-state index contributed by atoms with van der Waals surface area (Å²) in [5.41, 5.74) is 8.48. The van der Waals surface area contributed by atoms with Gasteiger partial charge < -0.3 is 5.73 Å². The Morgan fingerprint density at radius 2 is 2.25 bits per heavy atom. The van der Waals surface area contributed by atoms with Gasteiger partial charge in [0, 0.05) is 18.1 Å². The monoisotopic (exact) mass is 183 g/mol. The first kappa shape index (κ1) is 9.87. The zero-order valence-electron chi connectivity index (χ0n) is 7.68. The van der Waals surface area contributed by atoms with Crippen LogP contribution in [0, 0.1) is 0 Å². The molecule has 0 aromatic carbocycles. The Morgan fingerprint density at radius 1 is 1.42 bits per heavy atom. The molecule has 1 aliphatic rings. The molecule has 0 atom stereocenters. The molecule has 0 amide bonds. The molecule has 12 heavy (non-hydrogen) atoms. The maximum atomic E-state index is 5.41. The number of hydrogen-bond acceptors (Lipinski definition) is 2. The zero-order valence-corrected chi connectivity index (χ0v) is 8.49. The molecule has 0 aromatic heterocycles. The van der Waals surface area contributed by atoms with Crippen LogP contribution in [0.25, 0.3) is 0 Å². The summed E-state index contributed by atoms with van der Waals surface area (Å²) in [6, 6.07) is 0. The smallest absolute Gasteiger partial charge is 0.0147 e. The van der Waals surface area contributed by atoms with E-state index in [9.17, 15) is 0 Å². The molecule has 68 valence electrons. The molecule has 0 aromatic rings. The second-order valence-corrected chi connectivity index (χ2v) is 4.28. The van der Waals surface area contributed by atoms with Gasteiger partial charge >= 0.3 is 0 Å². The number of allylic oxidation sites excluding steroid dienone is 3. The summed E-state index contributed by atoms with van der Waals surface area (Å²) in [4.78, 5) is 0. The van der Waals surface area contributed by atoms with Crippen LogP contribution in [-0.4, -0.2) is 18.1 Å². The molecular formula is C10H17NS. The fourth-order valence-corrected chi connectivity index (χ4v) is 2.01. The molecule has 1 aliphatic carbocycles. The van der Waals surface area contributed by atoms with Gasteiger partial charge in [-0.25, -0.2) is 0 Å². The molecular weight excluding hydrogens is 166 g/mol. The van der Waals surface area contributed by atoms with Crippen molar-refractivity contribution in [3.8, 4) is 0 Å². The molecule has 2 heteroatoms. The van der Waals surface area contributed by atoms with Crippen LogP contribution in [0.3, 0.4) is 0 Å². The third-order valence-corrected chi connectivity index (χ3v) is 3.09. The lowest BCUT2D eigenvalue weighted by Crippen LogP contribution is -2.03. The highest BCUT2D eigenvalue weighted by molar-refractivity contribution is 7.99. The van der Waals surface area contributed by atoms with Gasteiger partial charge in [-0.3, -0.25) is 0 Å². The summed E-state index contributed by atoms with van der Waals surface area (Å²) in [6.45, 7) is 2.99. The molecule has 0 saturated heterocycles. The van der Waals surface area contributed by atoms with Gasteiger partial charge in [0.15, 0.2) is 0 Å². The van der Waals surface area contributed by atoms with Gasteiger partial charge in [0.05, 0.1) is 0 Å². The van der Waals surface area contributed by atoms with Gasteiger partial charge in [-0.2, -0.15) is 11.8 Å². The lowest BCUT2D eigenvalue weighted by atomic mass is 10.0. The predicted molar refractivity (Wildman–Crippen MR) is 57.5 cm³/mol. The van der Waals surface area contributed by atoms with E-state index in [1.54, 1.807) is 5.57 Å². The minimum atomic E-state index is 0.798. The molecule has 0 radical (unpaired) electrons. The first-order chi connectivity index (χ1) is 5.83. The van der Waals surface area contributed by atoms with E-state index in [2.05, 4.69) is 19.1 Å². The average molecular weight is 183 g/mol. The molecule has 0 saturated carbocycles. The normalized spacial score (nSPS) is 17.2. The number of hydrogen-bond donors (Lipinski definition) is 1. The SMILES string of the molecule is CC1=CC=C(CSCCN)CC1. The standard InChI is InChI=1S/C10H17NS/c1-9-2-4-10(5-3-9)8-12-7-6-11/h2,4H,3,5-8,11H2,1H3. The lowest BCUT2D eigenvalue weighted by Gasteiger charge is -2.11. The van der Waals surface area contributed by atoms with Crippen LogP contribution in [0.15, 0.2) is 23.3 Å². The molecule has 0 aliphatic heterocycles. The van der Waals surface area contributed by atoms with Gasteiger partial charge in [-0.05, 0) is 19.8 Å². The summed E-state index contributed by atoms with van der Waals surface area (Å²) < 4.78 is 0. The van der Waals surface area contributed by atoms with Gasteiger partial charge in [-0.15, -0.1) is 0 Å². The maximum Gasteiger partial charge on any atom is 0.0147 e. The van der Waals surface area contributed by atoms with Crippen molar-refractivity contribution in [1.29, 1.82) is 0 Å². The molecule has 0 spiro atoms. The first-order valence-corrected chi connectivity index (χ1v) is 5.61. The summed E-state index contributed by atoms with van der Waals surface area (Å²) >= 11 is 1.94. The van der Waals surface area contributed by atoms with Crippen LogP contribution in [0.1, 0.15) is 19.8 Å². The van der Waals surface area contributed by atoms with E-state index in [0.29, 0.717) is 0 Å². The van der Waals surface area contributed by atoms with Gasteiger partial charge in [0.25, 0.3) is 0 Å². The van der Waals surface area contributed by atoms with Gasteiger partial charge in [0.2, 0.25) is 0 Å². The highest BCUT2D eigenvalue weighted by atomic mass is 32.2. The van der Waals surface area contributed by atoms with Crippen LogP contribution in [0.5, 0.6) is 0 Å². The molecule has 0 unspecified atom stereocenters. The summed E-state index contributed by atoms with van der Waals surface area (Å²) in [5, 5.41) is 0. The number of rotatable bonds is 4. The van der Waals surface area contributed by atoms with E-state index in [1.165, 1.54) is 24.2 Å². The summed E-state index contributed by atoms with van der Waals surface area (Å²) in [5.74, 6) is 2.25. The van der Waals surface area contributed by atoms with Crippen LogP contribution < -0.4 is 5.73 Å². The first-order valence-electron chi connectivity index (χ1n) is 4.46. The highest BCUT2D eigenvalue weighted by Gasteiger charge is 2.02. The molecule has 0 bridgehead atoms. The third kappa shape index (κ3) is 3.46. The Labute approximate surface area is 79.1 Å². The second-order valence-electron chi connectivity index (χ2n) is 3.18. The molecule has 0 heterocycles. The van der Waals surface area contributed by atoms with Crippen LogP contribution in [0.2, 0.25) is 0 Å². The van der Waals surface area contributed by atoms with Crippen LogP contribution in [0.4, 0.5) is 0 Å². The van der Waals surface area contributed by atoms with Crippen LogP contribution >= 0.6 is 11.8 Å². The van der Waals surface area contributed by atoms with Gasteiger partial charge in [-0.1, -0.05) is 23.3 Å². The fraction of sp³-hybridized carbons (Fsp3) is 0.600. The Hall–Kier alpha value is -0.210. The number of thioether (sulfide) groups is 1. The minimum absolute atomic E-state index is 0.798. The Morgan fingerprint density at radius 3 is 2.83 bits per heavy atom. The Bertz CT molecular complexity index is 194. The van der Waals surface area contributed by atoms with E-state index in [4.69, 9.17) is 5.73 Å². The molecule has 2 N–H and O–H groups in total. The highest BCUT2D eigenvalue weighted by Crippen LogP contribution is 2.20. The second kappa shape index (κ2) is 5.44. The predicted octanol–water partition coefficient (Wildman–Crippen LogP) is 2.34. The number of nitrogens with two attached hydrogens (primary N) is 1. The van der Waals surface area contributed by atoms with Crippen molar-refractivity contribution in [3.63, 3.8) is 0 Å². The lowest BCUT2D eigenvalue weighted by molar-refractivity contribution is 0.909. The minimum Gasteiger partial charge on any atom is -0.330 e. The topological polar surface area (TPSA) is 26.0 Å². The van der Waals surface area contributed by atoms with E-state index in [-0.39, 0.29) is 0 Å². The maximum absolute atomic E-state index is 5.41. The molecule has 1 nitrogen and oxygen atoms in total. The van der Waals surface area contributed by atoms with Crippen molar-refractivity contribution in [2.45, 2.75) is 19.8 Å². The fourth-order valence-electron chi connectivity index (χ4n) is 1.19. The van der Waals surface area contributed by atoms with Crippen molar-refractivity contribution in [2.24, 2.45) is 5.73 Å². The van der Waals surface area contributed by atoms with E-state index >= 15 is 0 Å². The summed E-state index contributed by atoms with van der Waals surface area (Å²) in [7, 11) is 0. The van der Waals surface area contributed by atoms with Crippen molar-refractivity contribution in [2.75, 3.05) is 18.1 Å². The van der Waals surface area contributed by atoms with Crippen molar-refractivity contribution < 1.29 is 0 Å². The van der Waals surface area contributed by atoms with Gasteiger partial charge in [0.1, 0.15) is 0 Å². The zero-order chi connectivity index (χ0) is 8.81. The Kier molecular flexibility index (Phi) is 4.48. The van der Waals surface area contributed by atoms with Crippen molar-refractivity contribution in [1.82, 2.24) is 0 Å². The average Bonchev–Trinajstić information content (AvgIpc) is 2.09. The largest absolute Gasteiger partial charge is 0.330 e. The third-order valence-electron chi connectivity index (χ3n) is 1.99. The van der Waals surface area contributed by atoms with Crippen molar-refractivity contribution in [3.05, 3.63) is 23.3 Å². The molecule has 0 fully saturated rings. The molecule has 1 rings (SSSR count). The van der Waals surface area contributed by atoms with Crippen molar-refractivity contribution >= 4 is 11.8 Å². The Balaban J connectivity index is 2.24. The van der Waals surface area contributed by atoms with Crippen LogP contribution in [-0.2, 0) is 0 Å². The quantitative estimate of drug-likeness (QED) is 0.677. The summed E-state index contributed by atoms with van der Waals surface area (Å²) in [6.07, 6.45) is 7.00. The van der Waals surface area contributed by atoms with E-state index in [1.807, 2.05) is 11.8 Å². The van der Waals surface area contributed by atoms with E-state index < -0.39 is 0 Å². The van der Waals surface area contributed by atoms with E-state index in [0.717, 1.165) is 12.3 Å².